The molecule has 0 aliphatic rings. The van der Waals surface area contributed by atoms with Crippen LogP contribution in [0, 0.1) is 11.6 Å². The minimum atomic E-state index is -1.07. The highest BCUT2D eigenvalue weighted by atomic mass is 32.1. The molecule has 116 valence electrons. The first-order valence-electron chi connectivity index (χ1n) is 6.58. The lowest BCUT2D eigenvalue weighted by atomic mass is 10.1. The van der Waals surface area contributed by atoms with Gasteiger partial charge in [0.05, 0.1) is 4.88 Å². The van der Waals surface area contributed by atoms with E-state index in [2.05, 4.69) is 0 Å². The largest absolute Gasteiger partial charge is 0.508 e. The predicted molar refractivity (Wildman–Crippen MR) is 82.9 cm³/mol. The van der Waals surface area contributed by atoms with Crippen LogP contribution in [-0.2, 0) is 0 Å². The van der Waals surface area contributed by atoms with Gasteiger partial charge in [-0.05, 0) is 36.4 Å². The second-order valence-electron chi connectivity index (χ2n) is 4.80. The molecular weight excluding hydrogens is 322 g/mol. The Morgan fingerprint density at radius 3 is 2.52 bits per heavy atom. The van der Waals surface area contributed by atoms with Crippen LogP contribution < -0.4 is 0 Å². The minimum Gasteiger partial charge on any atom is -0.508 e. The quantitative estimate of drug-likeness (QED) is 0.702. The van der Waals surface area contributed by atoms with Crippen molar-refractivity contribution in [3.63, 3.8) is 0 Å². The first kappa shape index (κ1) is 15.2. The number of benzene rings is 2. The van der Waals surface area contributed by atoms with Gasteiger partial charge in [0.2, 0.25) is 5.78 Å². The Bertz CT molecular complexity index is 903. The van der Waals surface area contributed by atoms with E-state index in [-0.39, 0.29) is 17.1 Å². The number of phenols is 2. The van der Waals surface area contributed by atoms with E-state index in [9.17, 15) is 23.8 Å². The van der Waals surface area contributed by atoms with E-state index in [1.54, 1.807) is 12.1 Å². The van der Waals surface area contributed by atoms with E-state index in [4.69, 9.17) is 0 Å². The van der Waals surface area contributed by atoms with Crippen molar-refractivity contribution < 1.29 is 23.8 Å². The molecule has 0 saturated heterocycles. The minimum absolute atomic E-state index is 0.0175. The van der Waals surface area contributed by atoms with Crippen LogP contribution in [-0.4, -0.2) is 16.0 Å². The summed E-state index contributed by atoms with van der Waals surface area (Å²) in [7, 11) is 0. The van der Waals surface area contributed by atoms with Crippen LogP contribution in [0.4, 0.5) is 8.78 Å². The van der Waals surface area contributed by atoms with Crippen molar-refractivity contribution in [2.45, 2.75) is 0 Å². The lowest BCUT2D eigenvalue weighted by molar-refractivity contribution is 0.104. The zero-order chi connectivity index (χ0) is 16.6. The first-order chi connectivity index (χ1) is 11.0. The summed E-state index contributed by atoms with van der Waals surface area (Å²) in [6.45, 7) is 0. The highest BCUT2D eigenvalue weighted by Crippen LogP contribution is 2.35. The van der Waals surface area contributed by atoms with Crippen LogP contribution in [0.5, 0.6) is 11.5 Å². The van der Waals surface area contributed by atoms with Gasteiger partial charge in [0.1, 0.15) is 5.75 Å². The third-order valence-corrected chi connectivity index (χ3v) is 4.39. The monoisotopic (exact) mass is 332 g/mol. The zero-order valence-electron chi connectivity index (χ0n) is 11.6. The van der Waals surface area contributed by atoms with E-state index in [0.717, 1.165) is 17.4 Å². The predicted octanol–water partition coefficient (Wildman–Crippen LogP) is 4.34. The molecule has 3 aromatic rings. The summed E-state index contributed by atoms with van der Waals surface area (Å²) in [6.07, 6.45) is 0. The molecule has 1 aromatic heterocycles. The average Bonchev–Trinajstić information content (AvgIpc) is 3.01. The van der Waals surface area contributed by atoms with Gasteiger partial charge in [-0.25, -0.2) is 8.78 Å². The molecule has 0 amide bonds. The number of ketones is 1. The van der Waals surface area contributed by atoms with Crippen molar-refractivity contribution in [1.82, 2.24) is 0 Å². The zero-order valence-corrected chi connectivity index (χ0v) is 12.4. The van der Waals surface area contributed by atoms with E-state index < -0.39 is 17.4 Å². The molecule has 2 aromatic carbocycles. The Balaban J connectivity index is 1.98. The molecule has 0 spiro atoms. The summed E-state index contributed by atoms with van der Waals surface area (Å²) in [6, 6.07) is 11.1. The summed E-state index contributed by atoms with van der Waals surface area (Å²) in [5, 5.41) is 18.8. The van der Waals surface area contributed by atoms with E-state index >= 15 is 0 Å². The van der Waals surface area contributed by atoms with Crippen LogP contribution in [0.3, 0.4) is 0 Å². The molecule has 0 fully saturated rings. The van der Waals surface area contributed by atoms with Gasteiger partial charge in [0.15, 0.2) is 17.4 Å². The van der Waals surface area contributed by atoms with Crippen molar-refractivity contribution in [2.75, 3.05) is 0 Å². The second-order valence-corrected chi connectivity index (χ2v) is 5.88. The molecule has 1 heterocycles. The van der Waals surface area contributed by atoms with E-state index in [1.807, 2.05) is 0 Å². The number of hydrogen-bond acceptors (Lipinski definition) is 4. The lowest BCUT2D eigenvalue weighted by Crippen LogP contribution is -1.97. The fourth-order valence-corrected chi connectivity index (χ4v) is 3.11. The molecule has 0 unspecified atom stereocenters. The summed E-state index contributed by atoms with van der Waals surface area (Å²) < 4.78 is 27.0. The second kappa shape index (κ2) is 5.81. The number of aromatic hydroxyl groups is 2. The van der Waals surface area contributed by atoms with Gasteiger partial charge in [-0.1, -0.05) is 12.1 Å². The number of carbonyl (C=O) groups is 1. The van der Waals surface area contributed by atoms with Crippen LogP contribution in [0.2, 0.25) is 0 Å². The fraction of sp³-hybridized carbons (Fsp3) is 0. The Morgan fingerprint density at radius 2 is 1.78 bits per heavy atom. The molecule has 3 nitrogen and oxygen atoms in total. The Morgan fingerprint density at radius 1 is 1.00 bits per heavy atom. The van der Waals surface area contributed by atoms with Crippen LogP contribution in [0.1, 0.15) is 15.2 Å². The van der Waals surface area contributed by atoms with Crippen molar-refractivity contribution in [1.29, 1.82) is 0 Å². The van der Waals surface area contributed by atoms with Crippen molar-refractivity contribution in [2.24, 2.45) is 0 Å². The molecule has 23 heavy (non-hydrogen) atoms. The molecule has 0 saturated carbocycles. The van der Waals surface area contributed by atoms with Crippen molar-refractivity contribution in [3.05, 3.63) is 70.6 Å². The normalized spacial score (nSPS) is 10.7. The van der Waals surface area contributed by atoms with Gasteiger partial charge >= 0.3 is 0 Å². The lowest BCUT2D eigenvalue weighted by Gasteiger charge is -2.03. The van der Waals surface area contributed by atoms with Gasteiger partial charge in [-0.3, -0.25) is 4.79 Å². The van der Waals surface area contributed by atoms with Crippen molar-refractivity contribution >= 4 is 17.1 Å². The van der Waals surface area contributed by atoms with Gasteiger partial charge in [0, 0.05) is 16.0 Å². The highest BCUT2D eigenvalue weighted by Gasteiger charge is 2.18. The third-order valence-electron chi connectivity index (χ3n) is 3.27. The van der Waals surface area contributed by atoms with E-state index in [1.165, 1.54) is 30.3 Å². The first-order valence-corrected chi connectivity index (χ1v) is 7.40. The number of halogens is 2. The molecule has 0 bridgehead atoms. The molecule has 2 N–H and O–H groups in total. The van der Waals surface area contributed by atoms with Gasteiger partial charge in [-0.2, -0.15) is 0 Å². The van der Waals surface area contributed by atoms with Crippen LogP contribution in [0.25, 0.3) is 10.4 Å². The number of phenolic OH excluding ortho intramolecular Hbond substituents is 2. The van der Waals surface area contributed by atoms with Crippen LogP contribution >= 0.6 is 11.3 Å². The molecule has 0 radical (unpaired) electrons. The molecule has 3 rings (SSSR count). The average molecular weight is 332 g/mol. The molecule has 6 heteroatoms. The summed E-state index contributed by atoms with van der Waals surface area (Å²) >= 11 is 1.02. The van der Waals surface area contributed by atoms with Gasteiger partial charge < -0.3 is 10.2 Å². The van der Waals surface area contributed by atoms with E-state index in [0.29, 0.717) is 15.3 Å². The topological polar surface area (TPSA) is 57.5 Å². The summed E-state index contributed by atoms with van der Waals surface area (Å²) in [5.74, 6) is -3.50. The smallest absolute Gasteiger partial charge is 0.203 e. The van der Waals surface area contributed by atoms with Gasteiger partial charge in [0.25, 0.3) is 0 Å². The number of thiophene rings is 1. The van der Waals surface area contributed by atoms with Crippen LogP contribution in [0.15, 0.2) is 48.5 Å². The standard InChI is InChI=1S/C17H10F2O3S/c18-12-5-4-11(15(19)17(12)22)13-6-7-14(23-13)16(21)9-2-1-3-10(20)8-9/h1-8,20,22H. The SMILES string of the molecule is O=C(c1cccc(O)c1)c1ccc(-c2ccc(F)c(O)c2F)s1. The Labute approximate surface area is 134 Å². The molecule has 0 atom stereocenters. The fourth-order valence-electron chi connectivity index (χ4n) is 2.13. The molecule has 0 aliphatic heterocycles. The Hall–Kier alpha value is -2.73. The molecular formula is C17H10F2O3S. The van der Waals surface area contributed by atoms with Crippen molar-refractivity contribution in [3.8, 4) is 21.9 Å². The summed E-state index contributed by atoms with van der Waals surface area (Å²) in [4.78, 5) is 13.1. The maximum absolute atomic E-state index is 13.9. The third kappa shape index (κ3) is 2.80. The maximum Gasteiger partial charge on any atom is 0.203 e. The Kier molecular flexibility index (Phi) is 3.83. The maximum atomic E-state index is 13.9. The number of carbonyl (C=O) groups excluding carboxylic acids is 1. The van der Waals surface area contributed by atoms with Gasteiger partial charge in [-0.15, -0.1) is 11.3 Å². The highest BCUT2D eigenvalue weighted by molar-refractivity contribution is 7.17. The number of rotatable bonds is 3. The molecule has 0 aliphatic carbocycles. The summed E-state index contributed by atoms with van der Waals surface area (Å²) in [5.41, 5.74) is 0.324. The number of hydrogen-bond donors (Lipinski definition) is 2.